The van der Waals surface area contributed by atoms with Gasteiger partial charge in [0.05, 0.1) is 12.8 Å². The van der Waals surface area contributed by atoms with Crippen LogP contribution in [0.3, 0.4) is 0 Å². The molecule has 15 heteroatoms. The molecule has 0 unspecified atom stereocenters. The van der Waals surface area contributed by atoms with Crippen molar-refractivity contribution in [2.45, 2.75) is 36.6 Å². The highest BCUT2D eigenvalue weighted by molar-refractivity contribution is 7.87. The molecule has 0 saturated carbocycles. The largest absolute Gasteiger partial charge is 0.497 e. The van der Waals surface area contributed by atoms with E-state index in [1.807, 2.05) is 6.07 Å². The number of rotatable bonds is 11. The molecule has 0 radical (unpaired) electrons. The van der Waals surface area contributed by atoms with E-state index in [0.29, 0.717) is 22.4 Å². The van der Waals surface area contributed by atoms with E-state index in [2.05, 4.69) is 9.97 Å². The van der Waals surface area contributed by atoms with Crippen LogP contribution in [0.15, 0.2) is 108 Å². The number of ether oxygens (including phenoxy) is 2. The summed E-state index contributed by atoms with van der Waals surface area (Å²) in [4.78, 5) is 20.3. The van der Waals surface area contributed by atoms with Crippen molar-refractivity contribution >= 4 is 22.0 Å². The Bertz CT molecular complexity index is 2040. The first-order valence-corrected chi connectivity index (χ1v) is 16.1. The number of aryl methyl sites for hydroxylation is 1. The molecule has 0 aliphatic rings. The molecule has 0 aliphatic carbocycles. The van der Waals surface area contributed by atoms with E-state index in [4.69, 9.17) is 25.1 Å². The monoisotopic (exact) mass is 710 g/mol. The summed E-state index contributed by atoms with van der Waals surface area (Å²) in [7, 11) is -2.83. The Kier molecular flexibility index (Phi) is 11.5. The van der Waals surface area contributed by atoms with Gasteiger partial charge in [-0.05, 0) is 54.3 Å². The normalized spacial score (nSPS) is 12.7. The number of nitrogen functional groups attached to an aromatic ring is 1. The van der Waals surface area contributed by atoms with E-state index in [1.54, 1.807) is 73.7 Å². The van der Waals surface area contributed by atoms with Crippen LogP contribution in [-0.4, -0.2) is 49.2 Å². The second-order valence-corrected chi connectivity index (χ2v) is 12.6. The number of hydrogen-bond donors (Lipinski definition) is 2. The first-order chi connectivity index (χ1) is 23.2. The number of alkyl halides is 3. The maximum absolute atomic E-state index is 14.2. The van der Waals surface area contributed by atoms with Crippen LogP contribution >= 0.6 is 0 Å². The van der Waals surface area contributed by atoms with Crippen molar-refractivity contribution < 1.29 is 45.5 Å². The van der Waals surface area contributed by atoms with Crippen molar-refractivity contribution in [3.05, 3.63) is 120 Å². The molecule has 0 fully saturated rings. The van der Waals surface area contributed by atoms with Gasteiger partial charge in [-0.15, -0.1) is 0 Å². The molecule has 50 heavy (non-hydrogen) atoms. The average Bonchev–Trinajstić information content (AvgIpc) is 3.07. The summed E-state index contributed by atoms with van der Waals surface area (Å²) in [5.41, 5.74) is 15.1. The van der Waals surface area contributed by atoms with E-state index in [1.165, 1.54) is 37.4 Å². The highest BCUT2D eigenvalue weighted by Crippen LogP contribution is 2.38. The lowest BCUT2D eigenvalue weighted by atomic mass is 10.0. The Hall–Kier alpha value is -5.51. The van der Waals surface area contributed by atoms with Gasteiger partial charge in [-0.1, -0.05) is 78.4 Å². The molecule has 0 spiro atoms. The first-order valence-electron chi connectivity index (χ1n) is 14.7. The van der Waals surface area contributed by atoms with Gasteiger partial charge in [-0.3, -0.25) is 0 Å². The molecule has 0 bridgehead atoms. The van der Waals surface area contributed by atoms with Crippen LogP contribution in [0.1, 0.15) is 22.8 Å². The van der Waals surface area contributed by atoms with E-state index >= 15 is 0 Å². The Morgan fingerprint density at radius 1 is 0.860 bits per heavy atom. The number of nitrogens with two attached hydrogens (primary N) is 2. The summed E-state index contributed by atoms with van der Waals surface area (Å²) < 4.78 is 83.0. The summed E-state index contributed by atoms with van der Waals surface area (Å²) in [6, 6.07) is 25.0. The molecule has 1 aromatic heterocycles. The zero-order valence-electron chi connectivity index (χ0n) is 26.7. The number of carbonyl (C=O) groups excluding carboxylic acids is 1. The minimum atomic E-state index is -4.79. The van der Waals surface area contributed by atoms with Crippen molar-refractivity contribution in [2.24, 2.45) is 5.73 Å². The van der Waals surface area contributed by atoms with Gasteiger partial charge in [0.2, 0.25) is 17.9 Å². The van der Waals surface area contributed by atoms with Gasteiger partial charge in [0.1, 0.15) is 16.7 Å². The zero-order chi connectivity index (χ0) is 35.3. The Morgan fingerprint density at radius 3 is 2.12 bits per heavy atom. The van der Waals surface area contributed by atoms with E-state index in [-0.39, 0.29) is 34.0 Å². The van der Waals surface area contributed by atoms with Crippen LogP contribution in [0.5, 0.6) is 11.6 Å². The second-order valence-electron chi connectivity index (χ2n) is 11.0. The number of anilines is 1. The standard InChI is InChI=1S/C35H31F3N4O6S.H2O/c1-21-6-16-28(17-7-21)49(44,45)48-33(43)29(39)18-22-8-10-24(11-9-22)30-20-31(42-34(40)41-30)47-32(35(36,37)38)25-14-12-23(13-15-25)26-4-3-5-27(19-26)46-2;/h3-17,19-20,29,32H,18,39H2,1-2H3,(H2,40,41,42);1H2/t29-,32+;/m0./s1. The molecule has 5 aromatic rings. The zero-order valence-corrected chi connectivity index (χ0v) is 27.5. The molecule has 2 atom stereocenters. The SMILES string of the molecule is COc1cccc(-c2ccc([C@@H](Oc3cc(-c4ccc(C[C@H](N)C(=O)OS(=O)(=O)c5ccc(C)cc5)cc4)nc(N)n3)C(F)(F)F)cc2)c1.O. The van der Waals surface area contributed by atoms with Gasteiger partial charge in [-0.2, -0.15) is 26.6 Å². The van der Waals surface area contributed by atoms with Gasteiger partial charge in [-0.25, -0.2) is 9.78 Å². The van der Waals surface area contributed by atoms with Crippen LogP contribution in [0, 0.1) is 6.92 Å². The molecular weight excluding hydrogens is 677 g/mol. The van der Waals surface area contributed by atoms with Crippen molar-refractivity contribution in [3.8, 4) is 34.0 Å². The lowest BCUT2D eigenvalue weighted by molar-refractivity contribution is -0.198. The summed E-state index contributed by atoms with van der Waals surface area (Å²) in [5, 5.41) is 0. The fourth-order valence-electron chi connectivity index (χ4n) is 4.82. The summed E-state index contributed by atoms with van der Waals surface area (Å²) >= 11 is 0. The lowest BCUT2D eigenvalue weighted by Gasteiger charge is -2.22. The van der Waals surface area contributed by atoms with Crippen molar-refractivity contribution in [1.29, 1.82) is 0 Å². The number of halogens is 3. The highest BCUT2D eigenvalue weighted by atomic mass is 32.2. The smallest absolute Gasteiger partial charge is 0.429 e. The van der Waals surface area contributed by atoms with Crippen LogP contribution < -0.4 is 20.9 Å². The average molecular weight is 711 g/mol. The molecular formula is C35H33F3N4O7S. The maximum atomic E-state index is 14.2. The van der Waals surface area contributed by atoms with E-state index < -0.39 is 40.3 Å². The molecule has 0 saturated heterocycles. The van der Waals surface area contributed by atoms with E-state index in [0.717, 1.165) is 11.1 Å². The molecule has 5 rings (SSSR count). The molecule has 6 N–H and O–H groups in total. The lowest BCUT2D eigenvalue weighted by Crippen LogP contribution is -2.35. The quantitative estimate of drug-likeness (QED) is 0.169. The van der Waals surface area contributed by atoms with Crippen LogP contribution in [0.25, 0.3) is 22.4 Å². The molecule has 11 nitrogen and oxygen atoms in total. The Balaban J connectivity index is 0.00000562. The maximum Gasteiger partial charge on any atom is 0.429 e. The van der Waals surface area contributed by atoms with Gasteiger partial charge in [0.25, 0.3) is 0 Å². The van der Waals surface area contributed by atoms with Crippen LogP contribution in [0.2, 0.25) is 0 Å². The minimum absolute atomic E-state index is 0. The van der Waals surface area contributed by atoms with E-state index in [9.17, 15) is 26.4 Å². The van der Waals surface area contributed by atoms with Crippen molar-refractivity contribution in [2.75, 3.05) is 12.8 Å². The second kappa shape index (κ2) is 15.4. The molecule has 0 aliphatic heterocycles. The Morgan fingerprint density at radius 2 is 1.50 bits per heavy atom. The third-order valence-electron chi connectivity index (χ3n) is 7.38. The molecule has 1 heterocycles. The number of benzene rings is 4. The third kappa shape index (κ3) is 9.13. The molecule has 0 amide bonds. The fraction of sp³-hybridized carbons (Fsp3) is 0.171. The summed E-state index contributed by atoms with van der Waals surface area (Å²) in [6.07, 6.45) is -7.21. The summed E-state index contributed by atoms with van der Waals surface area (Å²) in [6.45, 7) is 1.78. The minimum Gasteiger partial charge on any atom is -0.497 e. The predicted octanol–water partition coefficient (Wildman–Crippen LogP) is 5.37. The van der Waals surface area contributed by atoms with Crippen molar-refractivity contribution in [1.82, 2.24) is 9.97 Å². The molecule has 262 valence electrons. The summed E-state index contributed by atoms with van der Waals surface area (Å²) in [5.74, 6) is -1.24. The number of methoxy groups -OCH3 is 1. The molecule has 4 aromatic carbocycles. The van der Waals surface area contributed by atoms with Crippen LogP contribution in [0.4, 0.5) is 19.1 Å². The predicted molar refractivity (Wildman–Crippen MR) is 179 cm³/mol. The van der Waals surface area contributed by atoms with Crippen LogP contribution in [-0.2, 0) is 25.5 Å². The third-order valence-corrected chi connectivity index (χ3v) is 8.62. The highest BCUT2D eigenvalue weighted by Gasteiger charge is 2.43. The number of carbonyl (C=O) groups is 1. The number of hydrogen-bond acceptors (Lipinski definition) is 10. The number of aromatic nitrogens is 2. The van der Waals surface area contributed by atoms with Gasteiger partial charge in [0.15, 0.2) is 0 Å². The van der Waals surface area contributed by atoms with Gasteiger partial charge in [0, 0.05) is 17.2 Å². The number of nitrogens with zero attached hydrogens (tertiary/aromatic N) is 2. The fourth-order valence-corrected chi connectivity index (χ4v) is 5.73. The Labute approximate surface area is 286 Å². The first kappa shape index (κ1) is 37.3. The van der Waals surface area contributed by atoms with Gasteiger partial charge >= 0.3 is 22.3 Å². The topological polar surface area (TPSA) is 188 Å². The van der Waals surface area contributed by atoms with Crippen molar-refractivity contribution in [3.63, 3.8) is 0 Å². The van der Waals surface area contributed by atoms with Gasteiger partial charge < -0.3 is 30.6 Å².